The number of sulfonamides is 1. The summed E-state index contributed by atoms with van der Waals surface area (Å²) in [7, 11) is -3.72. The van der Waals surface area contributed by atoms with E-state index in [-0.39, 0.29) is 29.2 Å². The molecule has 9 heteroatoms. The lowest BCUT2D eigenvalue weighted by Gasteiger charge is -2.33. The molecular weight excluding hydrogens is 434 g/mol. The van der Waals surface area contributed by atoms with Crippen molar-refractivity contribution in [2.45, 2.75) is 37.1 Å². The van der Waals surface area contributed by atoms with Crippen molar-refractivity contribution in [1.29, 1.82) is 0 Å². The lowest BCUT2D eigenvalue weighted by molar-refractivity contribution is -0.135. The fourth-order valence-electron chi connectivity index (χ4n) is 4.17. The van der Waals surface area contributed by atoms with Crippen LogP contribution >= 0.6 is 11.3 Å². The van der Waals surface area contributed by atoms with Crippen LogP contribution in [0.25, 0.3) is 0 Å². The Kier molecular flexibility index (Phi) is 6.74. The lowest BCUT2D eigenvalue weighted by Crippen LogP contribution is -2.43. The minimum atomic E-state index is -3.72. The van der Waals surface area contributed by atoms with Gasteiger partial charge in [0.2, 0.25) is 15.9 Å². The Labute approximate surface area is 187 Å². The third-order valence-electron chi connectivity index (χ3n) is 5.96. The molecule has 0 radical (unpaired) electrons. The molecule has 31 heavy (non-hydrogen) atoms. The largest absolute Gasteiger partial charge is 0.342 e. The van der Waals surface area contributed by atoms with Crippen LogP contribution in [0.4, 0.5) is 0 Å². The number of hydrogen-bond donors (Lipinski definition) is 1. The molecule has 2 saturated heterocycles. The first-order chi connectivity index (χ1) is 14.9. The number of rotatable bonds is 6. The molecule has 0 unspecified atom stereocenters. The molecule has 0 atom stereocenters. The average Bonchev–Trinajstić information content (AvgIpc) is 3.51. The van der Waals surface area contributed by atoms with Crippen molar-refractivity contribution in [3.8, 4) is 0 Å². The van der Waals surface area contributed by atoms with Crippen LogP contribution in [-0.2, 0) is 21.4 Å². The van der Waals surface area contributed by atoms with Crippen LogP contribution in [-0.4, -0.2) is 56.2 Å². The van der Waals surface area contributed by atoms with Gasteiger partial charge in [0.15, 0.2) is 0 Å². The second-order valence-corrected chi connectivity index (χ2v) is 10.8. The standard InChI is InChI=1S/C22H27N3O4S2/c26-21(24-10-1-2-11-24)17-8-12-25(13-9-17)22(27)18-5-3-7-20(15-18)31(28,29)23-16-19-6-4-14-30-19/h3-7,14-15,17,23H,1-2,8-13,16H2. The van der Waals surface area contributed by atoms with Crippen molar-refractivity contribution in [3.63, 3.8) is 0 Å². The summed E-state index contributed by atoms with van der Waals surface area (Å²) in [5, 5.41) is 1.89. The average molecular weight is 462 g/mol. The van der Waals surface area contributed by atoms with Crippen LogP contribution in [0.3, 0.4) is 0 Å². The molecular formula is C22H27N3O4S2. The van der Waals surface area contributed by atoms with Crippen molar-refractivity contribution >= 4 is 33.2 Å². The van der Waals surface area contributed by atoms with Crippen molar-refractivity contribution in [2.24, 2.45) is 5.92 Å². The topological polar surface area (TPSA) is 86.8 Å². The van der Waals surface area contributed by atoms with E-state index in [1.807, 2.05) is 22.4 Å². The van der Waals surface area contributed by atoms with E-state index in [0.29, 0.717) is 31.5 Å². The van der Waals surface area contributed by atoms with Gasteiger partial charge in [0.25, 0.3) is 5.91 Å². The summed E-state index contributed by atoms with van der Waals surface area (Å²) in [6.07, 6.45) is 3.46. The molecule has 3 heterocycles. The van der Waals surface area contributed by atoms with Gasteiger partial charge in [0.05, 0.1) is 4.90 Å². The van der Waals surface area contributed by atoms with Crippen molar-refractivity contribution in [1.82, 2.24) is 14.5 Å². The molecule has 1 N–H and O–H groups in total. The molecule has 2 amide bonds. The Morgan fingerprint density at radius 1 is 1.00 bits per heavy atom. The summed E-state index contributed by atoms with van der Waals surface area (Å²) in [6, 6.07) is 9.90. The normalized spacial score (nSPS) is 17.8. The van der Waals surface area contributed by atoms with Gasteiger partial charge in [-0.25, -0.2) is 13.1 Å². The SMILES string of the molecule is O=C(c1cccc(S(=O)(=O)NCc2cccs2)c1)N1CCC(C(=O)N2CCCC2)CC1. The van der Waals surface area contributed by atoms with E-state index in [4.69, 9.17) is 0 Å². The van der Waals surface area contributed by atoms with Crippen molar-refractivity contribution < 1.29 is 18.0 Å². The van der Waals surface area contributed by atoms with E-state index >= 15 is 0 Å². The highest BCUT2D eigenvalue weighted by Crippen LogP contribution is 2.24. The van der Waals surface area contributed by atoms with Gasteiger partial charge in [0.1, 0.15) is 0 Å². The number of benzene rings is 1. The molecule has 1 aromatic carbocycles. The van der Waals surface area contributed by atoms with E-state index in [2.05, 4.69) is 4.72 Å². The minimum Gasteiger partial charge on any atom is -0.342 e. The van der Waals surface area contributed by atoms with Crippen LogP contribution in [0.15, 0.2) is 46.7 Å². The lowest BCUT2D eigenvalue weighted by atomic mass is 9.95. The molecule has 2 fully saturated rings. The number of amides is 2. The fourth-order valence-corrected chi connectivity index (χ4v) is 5.95. The summed E-state index contributed by atoms with van der Waals surface area (Å²) in [6.45, 7) is 2.93. The molecule has 1 aromatic heterocycles. The number of likely N-dealkylation sites (tertiary alicyclic amines) is 2. The zero-order valence-electron chi connectivity index (χ0n) is 17.3. The number of hydrogen-bond acceptors (Lipinski definition) is 5. The van der Waals surface area contributed by atoms with E-state index in [1.54, 1.807) is 17.0 Å². The van der Waals surface area contributed by atoms with Crippen LogP contribution < -0.4 is 4.72 Å². The van der Waals surface area contributed by atoms with Gasteiger partial charge >= 0.3 is 0 Å². The highest BCUT2D eigenvalue weighted by atomic mass is 32.2. The number of carbonyl (C=O) groups is 2. The number of nitrogens with one attached hydrogen (secondary N) is 1. The van der Waals surface area contributed by atoms with Crippen molar-refractivity contribution in [2.75, 3.05) is 26.2 Å². The number of nitrogens with zero attached hydrogens (tertiary/aromatic N) is 2. The Bertz CT molecular complexity index is 1020. The molecule has 2 aromatic rings. The molecule has 0 aliphatic carbocycles. The maximum atomic E-state index is 13.0. The predicted octanol–water partition coefficient (Wildman–Crippen LogP) is 2.70. The first kappa shape index (κ1) is 22.0. The Morgan fingerprint density at radius 2 is 1.74 bits per heavy atom. The Balaban J connectivity index is 1.37. The third kappa shape index (κ3) is 5.16. The van der Waals surface area contributed by atoms with Crippen LogP contribution in [0.1, 0.15) is 40.9 Å². The van der Waals surface area contributed by atoms with E-state index in [9.17, 15) is 18.0 Å². The number of piperidine rings is 1. The molecule has 0 spiro atoms. The summed E-state index contributed by atoms with van der Waals surface area (Å²) >= 11 is 1.48. The smallest absolute Gasteiger partial charge is 0.253 e. The van der Waals surface area contributed by atoms with Gasteiger partial charge in [-0.05, 0) is 55.3 Å². The second-order valence-electron chi connectivity index (χ2n) is 8.03. The highest BCUT2D eigenvalue weighted by Gasteiger charge is 2.31. The monoisotopic (exact) mass is 461 g/mol. The quantitative estimate of drug-likeness (QED) is 0.717. The van der Waals surface area contributed by atoms with Gasteiger partial charge < -0.3 is 9.80 Å². The predicted molar refractivity (Wildman–Crippen MR) is 119 cm³/mol. The molecule has 0 saturated carbocycles. The maximum Gasteiger partial charge on any atom is 0.253 e. The molecule has 166 valence electrons. The second kappa shape index (κ2) is 9.50. The first-order valence-corrected chi connectivity index (χ1v) is 13.0. The molecule has 4 rings (SSSR count). The van der Waals surface area contributed by atoms with E-state index in [0.717, 1.165) is 30.8 Å². The summed E-state index contributed by atoms with van der Waals surface area (Å²) < 4.78 is 27.9. The fraction of sp³-hybridized carbons (Fsp3) is 0.455. The Hall–Kier alpha value is -2.23. The van der Waals surface area contributed by atoms with Crippen molar-refractivity contribution in [3.05, 3.63) is 52.2 Å². The summed E-state index contributed by atoms with van der Waals surface area (Å²) in [4.78, 5) is 30.2. The maximum absolute atomic E-state index is 13.0. The zero-order chi connectivity index (χ0) is 21.8. The van der Waals surface area contributed by atoms with Crippen LogP contribution in [0.2, 0.25) is 0 Å². The van der Waals surface area contributed by atoms with Gasteiger partial charge in [0, 0.05) is 49.1 Å². The third-order valence-corrected chi connectivity index (χ3v) is 8.23. The minimum absolute atomic E-state index is 0.0182. The molecule has 2 aliphatic rings. The number of thiophene rings is 1. The van der Waals surface area contributed by atoms with Gasteiger partial charge in [-0.3, -0.25) is 9.59 Å². The van der Waals surface area contributed by atoms with Gasteiger partial charge in [-0.15, -0.1) is 11.3 Å². The van der Waals surface area contributed by atoms with Crippen LogP contribution in [0.5, 0.6) is 0 Å². The van der Waals surface area contributed by atoms with E-state index in [1.165, 1.54) is 23.5 Å². The zero-order valence-corrected chi connectivity index (χ0v) is 19.0. The van der Waals surface area contributed by atoms with Crippen LogP contribution in [0, 0.1) is 5.92 Å². The molecule has 0 bridgehead atoms. The summed E-state index contributed by atoms with van der Waals surface area (Å²) in [5.41, 5.74) is 0.350. The molecule has 2 aliphatic heterocycles. The highest BCUT2D eigenvalue weighted by molar-refractivity contribution is 7.89. The first-order valence-electron chi connectivity index (χ1n) is 10.6. The Morgan fingerprint density at radius 3 is 2.42 bits per heavy atom. The van der Waals surface area contributed by atoms with Gasteiger partial charge in [-0.2, -0.15) is 0 Å². The number of carbonyl (C=O) groups excluding carboxylic acids is 2. The van der Waals surface area contributed by atoms with E-state index < -0.39 is 10.0 Å². The van der Waals surface area contributed by atoms with Gasteiger partial charge in [-0.1, -0.05) is 12.1 Å². The summed E-state index contributed by atoms with van der Waals surface area (Å²) in [5.74, 6) is 0.00666. The molecule has 7 nitrogen and oxygen atoms in total.